The fourth-order valence-corrected chi connectivity index (χ4v) is 3.29. The molecule has 2 N–H and O–H groups in total. The molecule has 19 heavy (non-hydrogen) atoms. The summed E-state index contributed by atoms with van der Waals surface area (Å²) >= 11 is 1.80. The van der Waals surface area contributed by atoms with E-state index in [1.165, 1.54) is 9.88 Å². The first-order valence-corrected chi connectivity index (χ1v) is 8.14. The highest BCUT2D eigenvalue weighted by Crippen LogP contribution is 2.28. The Bertz CT molecular complexity index is 377. The van der Waals surface area contributed by atoms with Crippen molar-refractivity contribution in [1.82, 2.24) is 10.3 Å². The minimum atomic E-state index is 0.0143. The van der Waals surface area contributed by atoms with Gasteiger partial charge in [-0.05, 0) is 33.1 Å². The summed E-state index contributed by atoms with van der Waals surface area (Å²) in [6.45, 7) is 11.8. The fraction of sp³-hybridized carbons (Fsp3) is 0.800. The van der Waals surface area contributed by atoms with E-state index in [1.807, 2.05) is 0 Å². The Hall–Kier alpha value is -0.450. The number of hydrogen-bond donors (Lipinski definition) is 2. The zero-order chi connectivity index (χ0) is 14.5. The predicted molar refractivity (Wildman–Crippen MR) is 82.7 cm³/mol. The molecule has 0 aliphatic heterocycles. The third-order valence-corrected chi connectivity index (χ3v) is 5.68. The quantitative estimate of drug-likeness (QED) is 0.768. The van der Waals surface area contributed by atoms with Gasteiger partial charge in [0.1, 0.15) is 0 Å². The van der Waals surface area contributed by atoms with Crippen molar-refractivity contribution in [2.24, 2.45) is 5.41 Å². The van der Waals surface area contributed by atoms with Gasteiger partial charge in [0, 0.05) is 29.5 Å². The zero-order valence-electron chi connectivity index (χ0n) is 12.9. The van der Waals surface area contributed by atoms with E-state index >= 15 is 0 Å². The summed E-state index contributed by atoms with van der Waals surface area (Å²) in [5.74, 6) is 0. The highest BCUT2D eigenvalue weighted by molar-refractivity contribution is 7.11. The molecule has 0 bridgehead atoms. The van der Waals surface area contributed by atoms with E-state index in [0.717, 1.165) is 31.5 Å². The van der Waals surface area contributed by atoms with E-state index in [-0.39, 0.29) is 12.0 Å². The van der Waals surface area contributed by atoms with Gasteiger partial charge >= 0.3 is 0 Å². The Morgan fingerprint density at radius 2 is 1.95 bits per heavy atom. The van der Waals surface area contributed by atoms with Gasteiger partial charge in [0.2, 0.25) is 0 Å². The van der Waals surface area contributed by atoms with E-state index in [0.29, 0.717) is 6.04 Å². The van der Waals surface area contributed by atoms with E-state index in [1.54, 1.807) is 11.3 Å². The number of aromatic nitrogens is 1. The highest BCUT2D eigenvalue weighted by Gasteiger charge is 2.26. The molecule has 0 aliphatic rings. The average Bonchev–Trinajstić information content (AvgIpc) is 2.82. The van der Waals surface area contributed by atoms with Crippen LogP contribution in [0.25, 0.3) is 0 Å². The van der Waals surface area contributed by atoms with Gasteiger partial charge in [-0.1, -0.05) is 20.8 Å². The third-order valence-electron chi connectivity index (χ3n) is 4.19. The lowest BCUT2D eigenvalue weighted by atomic mass is 9.83. The largest absolute Gasteiger partial charge is 0.396 e. The maximum absolute atomic E-state index is 9.61. The van der Waals surface area contributed by atoms with Crippen LogP contribution in [0.4, 0.5) is 0 Å². The maximum atomic E-state index is 9.61. The van der Waals surface area contributed by atoms with Crippen LogP contribution in [0.15, 0.2) is 0 Å². The molecule has 1 aromatic heterocycles. The van der Waals surface area contributed by atoms with Crippen LogP contribution in [0.1, 0.15) is 62.2 Å². The number of nitrogens with one attached hydrogen (secondary N) is 1. The molecule has 1 aromatic rings. The molecular weight excluding hydrogens is 256 g/mol. The highest BCUT2D eigenvalue weighted by atomic mass is 32.1. The van der Waals surface area contributed by atoms with Gasteiger partial charge in [0.25, 0.3) is 0 Å². The lowest BCUT2D eigenvalue weighted by Gasteiger charge is -2.31. The molecule has 0 saturated carbocycles. The Morgan fingerprint density at radius 1 is 1.32 bits per heavy atom. The van der Waals surface area contributed by atoms with Crippen molar-refractivity contribution in [2.75, 3.05) is 13.2 Å². The first kappa shape index (κ1) is 16.6. The molecular formula is C15H28N2OS. The number of aliphatic hydroxyl groups excluding tert-OH is 1. The molecule has 1 rings (SSSR count). The molecule has 1 atom stereocenters. The monoisotopic (exact) mass is 284 g/mol. The molecule has 0 fully saturated rings. The molecule has 0 spiro atoms. The topological polar surface area (TPSA) is 45.2 Å². The summed E-state index contributed by atoms with van der Waals surface area (Å²) in [5, 5.41) is 14.4. The predicted octanol–water partition coefficient (Wildman–Crippen LogP) is 3.46. The number of aliphatic hydroxyl groups is 1. The molecule has 0 aliphatic carbocycles. The van der Waals surface area contributed by atoms with Crippen molar-refractivity contribution in [3.05, 3.63) is 15.6 Å². The summed E-state index contributed by atoms with van der Waals surface area (Å²) in [7, 11) is 0. The van der Waals surface area contributed by atoms with Gasteiger partial charge in [-0.25, -0.2) is 4.98 Å². The second-order valence-electron chi connectivity index (χ2n) is 5.38. The molecule has 0 amide bonds. The Balaban J connectivity index is 2.68. The number of nitrogens with zero attached hydrogens (tertiary/aromatic N) is 1. The van der Waals surface area contributed by atoms with Crippen molar-refractivity contribution in [3.63, 3.8) is 0 Å². The normalized spacial score (nSPS) is 13.8. The van der Waals surface area contributed by atoms with E-state index < -0.39 is 0 Å². The first-order chi connectivity index (χ1) is 9.01. The van der Waals surface area contributed by atoms with Crippen LogP contribution in [-0.4, -0.2) is 23.2 Å². The van der Waals surface area contributed by atoms with Crippen LogP contribution in [-0.2, 0) is 6.42 Å². The van der Waals surface area contributed by atoms with Crippen molar-refractivity contribution >= 4 is 11.3 Å². The Kier molecular flexibility index (Phi) is 6.43. The van der Waals surface area contributed by atoms with Crippen LogP contribution in [0.2, 0.25) is 0 Å². The number of rotatable bonds is 8. The number of aryl methyl sites for hydroxylation is 2. The van der Waals surface area contributed by atoms with Crippen LogP contribution >= 0.6 is 11.3 Å². The standard InChI is InChI=1S/C15H28N2OS/c1-6-13-17-12(5)14(19-13)11(4)16-9-15(7-2,8-3)10-18/h11,16,18H,6-10H2,1-5H3. The fourth-order valence-electron chi connectivity index (χ4n) is 2.26. The second kappa shape index (κ2) is 7.36. The summed E-state index contributed by atoms with van der Waals surface area (Å²) in [6, 6.07) is 0.307. The lowest BCUT2D eigenvalue weighted by Crippen LogP contribution is -2.37. The van der Waals surface area contributed by atoms with Crippen LogP contribution in [0.3, 0.4) is 0 Å². The van der Waals surface area contributed by atoms with Crippen molar-refractivity contribution < 1.29 is 5.11 Å². The van der Waals surface area contributed by atoms with Crippen molar-refractivity contribution in [2.45, 2.75) is 59.9 Å². The molecule has 110 valence electrons. The maximum Gasteiger partial charge on any atom is 0.0928 e. The summed E-state index contributed by atoms with van der Waals surface area (Å²) in [4.78, 5) is 5.91. The van der Waals surface area contributed by atoms with Gasteiger partial charge in [0.15, 0.2) is 0 Å². The summed E-state index contributed by atoms with van der Waals surface area (Å²) < 4.78 is 0. The van der Waals surface area contributed by atoms with Crippen molar-refractivity contribution in [3.8, 4) is 0 Å². The molecule has 0 saturated heterocycles. The van der Waals surface area contributed by atoms with Crippen LogP contribution in [0.5, 0.6) is 0 Å². The van der Waals surface area contributed by atoms with Gasteiger partial charge in [-0.15, -0.1) is 11.3 Å². The summed E-state index contributed by atoms with van der Waals surface area (Å²) in [5.41, 5.74) is 1.16. The van der Waals surface area contributed by atoms with Crippen LogP contribution in [0, 0.1) is 12.3 Å². The van der Waals surface area contributed by atoms with Gasteiger partial charge in [-0.3, -0.25) is 0 Å². The van der Waals surface area contributed by atoms with E-state index in [4.69, 9.17) is 0 Å². The minimum absolute atomic E-state index is 0.0143. The zero-order valence-corrected chi connectivity index (χ0v) is 13.7. The molecule has 1 heterocycles. The SMILES string of the molecule is CCc1nc(C)c(C(C)NCC(CC)(CC)CO)s1. The average molecular weight is 284 g/mol. The van der Waals surface area contributed by atoms with Crippen molar-refractivity contribution in [1.29, 1.82) is 0 Å². The second-order valence-corrected chi connectivity index (χ2v) is 6.49. The smallest absolute Gasteiger partial charge is 0.0928 e. The van der Waals surface area contributed by atoms with Gasteiger partial charge in [-0.2, -0.15) is 0 Å². The van der Waals surface area contributed by atoms with E-state index in [9.17, 15) is 5.11 Å². The van der Waals surface area contributed by atoms with Gasteiger partial charge < -0.3 is 10.4 Å². The molecule has 4 heteroatoms. The third kappa shape index (κ3) is 4.01. The van der Waals surface area contributed by atoms with E-state index in [2.05, 4.69) is 44.9 Å². The Labute approximate surface area is 121 Å². The van der Waals surface area contributed by atoms with Gasteiger partial charge in [0.05, 0.1) is 10.7 Å². The summed E-state index contributed by atoms with van der Waals surface area (Å²) in [6.07, 6.45) is 3.01. The number of hydrogen-bond acceptors (Lipinski definition) is 4. The molecule has 0 aromatic carbocycles. The molecule has 0 radical (unpaired) electrons. The number of thiazole rings is 1. The Morgan fingerprint density at radius 3 is 2.37 bits per heavy atom. The lowest BCUT2D eigenvalue weighted by molar-refractivity contribution is 0.110. The molecule has 1 unspecified atom stereocenters. The molecule has 3 nitrogen and oxygen atoms in total. The first-order valence-electron chi connectivity index (χ1n) is 7.32. The van der Waals surface area contributed by atoms with Crippen LogP contribution < -0.4 is 5.32 Å². The minimum Gasteiger partial charge on any atom is -0.396 e.